The van der Waals surface area contributed by atoms with E-state index in [1.807, 2.05) is 19.0 Å². The van der Waals surface area contributed by atoms with Gasteiger partial charge in [-0.05, 0) is 32.4 Å². The molecule has 2 heterocycles. The van der Waals surface area contributed by atoms with Gasteiger partial charge in [0.25, 0.3) is 5.91 Å². The summed E-state index contributed by atoms with van der Waals surface area (Å²) in [6, 6.07) is 0.784. The van der Waals surface area contributed by atoms with Crippen LogP contribution in [0.1, 0.15) is 22.6 Å². The van der Waals surface area contributed by atoms with E-state index in [1.54, 1.807) is 0 Å². The van der Waals surface area contributed by atoms with E-state index < -0.39 is 17.8 Å². The predicted molar refractivity (Wildman–Crippen MR) is 81.4 cm³/mol. The zero-order chi connectivity index (χ0) is 18.1. The lowest BCUT2D eigenvalue weighted by Gasteiger charge is -2.38. The third-order valence-corrected chi connectivity index (χ3v) is 4.18. The van der Waals surface area contributed by atoms with Gasteiger partial charge >= 0.3 is 6.18 Å². The van der Waals surface area contributed by atoms with Crippen LogP contribution in [-0.4, -0.2) is 70.9 Å². The average molecular weight is 348 g/mol. The number of aromatic nitrogens is 2. The van der Waals surface area contributed by atoms with Crippen molar-refractivity contribution in [3.8, 4) is 0 Å². The number of rotatable bonds is 4. The van der Waals surface area contributed by atoms with E-state index in [4.69, 9.17) is 0 Å². The number of aliphatic hydroxyl groups excluding tert-OH is 1. The lowest BCUT2D eigenvalue weighted by atomic mass is 9.89. The van der Waals surface area contributed by atoms with Crippen LogP contribution in [0.4, 0.5) is 13.2 Å². The molecule has 1 aromatic rings. The number of alkyl halides is 3. The zero-order valence-corrected chi connectivity index (χ0v) is 14.0. The third-order valence-electron chi connectivity index (χ3n) is 4.18. The van der Waals surface area contributed by atoms with Gasteiger partial charge in [0.05, 0.1) is 0 Å². The number of amides is 1. The molecule has 2 rings (SSSR count). The number of carbonyl (C=O) groups excluding carboxylic acids is 1. The molecule has 0 bridgehead atoms. The molecular formula is C15H23F3N4O2. The summed E-state index contributed by atoms with van der Waals surface area (Å²) in [6.07, 6.45) is -3.79. The third kappa shape index (κ3) is 4.27. The van der Waals surface area contributed by atoms with Gasteiger partial charge in [-0.1, -0.05) is 0 Å². The topological polar surface area (TPSA) is 61.6 Å². The predicted octanol–water partition coefficient (Wildman–Crippen LogP) is 1.07. The van der Waals surface area contributed by atoms with Crippen molar-refractivity contribution in [1.82, 2.24) is 19.6 Å². The molecule has 0 unspecified atom stereocenters. The van der Waals surface area contributed by atoms with Crippen molar-refractivity contribution >= 4 is 5.91 Å². The van der Waals surface area contributed by atoms with Crippen LogP contribution in [0.3, 0.4) is 0 Å². The van der Waals surface area contributed by atoms with Crippen molar-refractivity contribution in [2.24, 2.45) is 18.9 Å². The number of likely N-dealkylation sites (tertiary alicyclic amines) is 1. The molecule has 1 aliphatic heterocycles. The molecule has 2 atom stereocenters. The standard InChI is InChI=1S/C15H23F3N4O2/c1-20(2)6-10-4-11(9-23)8-22(7-10)14(24)12-5-13(15(16,17)18)19-21(12)3/h5,10-11,23H,4,6-9H2,1-3H3/t10-,11-/m0/s1. The van der Waals surface area contributed by atoms with Crippen LogP contribution in [-0.2, 0) is 13.2 Å². The second-order valence-corrected chi connectivity index (χ2v) is 6.66. The molecule has 136 valence electrons. The second-order valence-electron chi connectivity index (χ2n) is 6.66. The molecule has 1 fully saturated rings. The molecule has 6 nitrogen and oxygen atoms in total. The zero-order valence-electron chi connectivity index (χ0n) is 14.0. The molecule has 1 N–H and O–H groups in total. The maximum atomic E-state index is 12.8. The van der Waals surface area contributed by atoms with Gasteiger partial charge in [-0.25, -0.2) is 0 Å². The maximum absolute atomic E-state index is 12.8. The minimum atomic E-state index is -4.58. The Kier molecular flexibility index (Phi) is 5.54. The fourth-order valence-electron chi connectivity index (χ4n) is 3.23. The first-order valence-corrected chi connectivity index (χ1v) is 7.78. The number of piperidine rings is 1. The lowest BCUT2D eigenvalue weighted by Crippen LogP contribution is -2.47. The van der Waals surface area contributed by atoms with Crippen molar-refractivity contribution in [2.75, 3.05) is 40.3 Å². The van der Waals surface area contributed by atoms with E-state index in [-0.39, 0.29) is 24.1 Å². The highest BCUT2D eigenvalue weighted by Crippen LogP contribution is 2.29. The Bertz CT molecular complexity index is 586. The first kappa shape index (κ1) is 18.7. The Morgan fingerprint density at radius 2 is 2.00 bits per heavy atom. The van der Waals surface area contributed by atoms with Gasteiger partial charge in [-0.15, -0.1) is 0 Å². The van der Waals surface area contributed by atoms with Crippen LogP contribution in [0.5, 0.6) is 0 Å². The van der Waals surface area contributed by atoms with Crippen LogP contribution < -0.4 is 0 Å². The minimum Gasteiger partial charge on any atom is -0.396 e. The van der Waals surface area contributed by atoms with Crippen molar-refractivity contribution in [3.05, 3.63) is 17.5 Å². The minimum absolute atomic E-state index is 0.0487. The van der Waals surface area contributed by atoms with Crippen LogP contribution in [0.2, 0.25) is 0 Å². The summed E-state index contributed by atoms with van der Waals surface area (Å²) in [5, 5.41) is 12.9. The van der Waals surface area contributed by atoms with Crippen LogP contribution in [0, 0.1) is 11.8 Å². The number of aliphatic hydroxyl groups is 1. The highest BCUT2D eigenvalue weighted by atomic mass is 19.4. The number of hydrogen-bond acceptors (Lipinski definition) is 4. The Morgan fingerprint density at radius 3 is 2.50 bits per heavy atom. The Morgan fingerprint density at radius 1 is 1.38 bits per heavy atom. The van der Waals surface area contributed by atoms with Crippen molar-refractivity contribution in [3.63, 3.8) is 0 Å². The molecule has 0 aliphatic carbocycles. The van der Waals surface area contributed by atoms with Crippen LogP contribution in [0.25, 0.3) is 0 Å². The van der Waals surface area contributed by atoms with E-state index in [0.29, 0.717) is 13.1 Å². The summed E-state index contributed by atoms with van der Waals surface area (Å²) < 4.78 is 39.3. The highest BCUT2D eigenvalue weighted by molar-refractivity contribution is 5.92. The van der Waals surface area contributed by atoms with Crippen LogP contribution in [0.15, 0.2) is 6.07 Å². The number of aryl methyl sites for hydroxylation is 1. The normalized spacial score (nSPS) is 22.2. The average Bonchev–Trinajstić information content (AvgIpc) is 2.87. The summed E-state index contributed by atoms with van der Waals surface area (Å²) in [5.74, 6) is -0.379. The molecule has 0 saturated carbocycles. The Balaban J connectivity index is 2.20. The summed E-state index contributed by atoms with van der Waals surface area (Å²) in [6.45, 7) is 1.50. The van der Waals surface area contributed by atoms with Gasteiger partial charge in [-0.2, -0.15) is 18.3 Å². The number of hydrogen-bond donors (Lipinski definition) is 1. The first-order chi connectivity index (χ1) is 11.1. The fourth-order valence-corrected chi connectivity index (χ4v) is 3.23. The van der Waals surface area contributed by atoms with Crippen LogP contribution >= 0.6 is 0 Å². The summed E-state index contributed by atoms with van der Waals surface area (Å²) in [5.41, 5.74) is -1.17. The molecule has 0 aromatic carbocycles. The molecule has 1 aliphatic rings. The molecular weight excluding hydrogens is 325 g/mol. The van der Waals surface area contributed by atoms with Gasteiger partial charge in [0.2, 0.25) is 0 Å². The molecule has 1 saturated heterocycles. The molecule has 24 heavy (non-hydrogen) atoms. The molecule has 0 spiro atoms. The van der Waals surface area contributed by atoms with Gasteiger partial charge in [0, 0.05) is 39.4 Å². The highest BCUT2D eigenvalue weighted by Gasteiger charge is 2.37. The van der Waals surface area contributed by atoms with Crippen molar-refractivity contribution < 1.29 is 23.1 Å². The van der Waals surface area contributed by atoms with E-state index >= 15 is 0 Å². The largest absolute Gasteiger partial charge is 0.435 e. The van der Waals surface area contributed by atoms with E-state index in [9.17, 15) is 23.1 Å². The van der Waals surface area contributed by atoms with Gasteiger partial charge in [0.1, 0.15) is 5.69 Å². The molecule has 1 aromatic heterocycles. The summed E-state index contributed by atoms with van der Waals surface area (Å²) in [4.78, 5) is 16.2. The van der Waals surface area contributed by atoms with Gasteiger partial charge in [0.15, 0.2) is 5.69 Å². The van der Waals surface area contributed by atoms with Crippen molar-refractivity contribution in [2.45, 2.75) is 12.6 Å². The van der Waals surface area contributed by atoms with E-state index in [2.05, 4.69) is 5.10 Å². The molecule has 1 amide bonds. The monoisotopic (exact) mass is 348 g/mol. The quantitative estimate of drug-likeness (QED) is 0.884. The number of nitrogens with zero attached hydrogens (tertiary/aromatic N) is 4. The van der Waals surface area contributed by atoms with Crippen molar-refractivity contribution in [1.29, 1.82) is 0 Å². The molecule has 9 heteroatoms. The van der Waals surface area contributed by atoms with E-state index in [1.165, 1.54) is 11.9 Å². The summed E-state index contributed by atoms with van der Waals surface area (Å²) >= 11 is 0. The summed E-state index contributed by atoms with van der Waals surface area (Å²) in [7, 11) is 5.17. The van der Waals surface area contributed by atoms with E-state index in [0.717, 1.165) is 23.7 Å². The Hall–Kier alpha value is -1.61. The second kappa shape index (κ2) is 7.10. The fraction of sp³-hybridized carbons (Fsp3) is 0.733. The Labute approximate surface area is 138 Å². The lowest BCUT2D eigenvalue weighted by molar-refractivity contribution is -0.141. The van der Waals surface area contributed by atoms with Gasteiger partial charge in [-0.3, -0.25) is 9.48 Å². The van der Waals surface area contributed by atoms with Gasteiger partial charge < -0.3 is 14.9 Å². The first-order valence-electron chi connectivity index (χ1n) is 7.78. The molecule has 0 radical (unpaired) electrons. The number of halogens is 3. The SMILES string of the molecule is CN(C)C[C@@H]1C[C@H](CO)CN(C(=O)c2cc(C(F)(F)F)nn2C)C1. The smallest absolute Gasteiger partial charge is 0.396 e. The maximum Gasteiger partial charge on any atom is 0.435 e. The number of carbonyl (C=O) groups is 1.